The fourth-order valence-electron chi connectivity index (χ4n) is 2.32. The first-order valence-corrected chi connectivity index (χ1v) is 7.57. The minimum absolute atomic E-state index is 0.452. The van der Waals surface area contributed by atoms with Gasteiger partial charge in [-0.2, -0.15) is 0 Å². The molecule has 0 saturated heterocycles. The Labute approximate surface area is 143 Å². The van der Waals surface area contributed by atoms with Gasteiger partial charge >= 0.3 is 0 Å². The van der Waals surface area contributed by atoms with Crippen molar-refractivity contribution in [1.82, 2.24) is 15.0 Å². The average Bonchev–Trinajstić information content (AvgIpc) is 2.57. The molecule has 0 spiro atoms. The first kappa shape index (κ1) is 15.7. The van der Waals surface area contributed by atoms with Crippen LogP contribution in [0.1, 0.15) is 5.82 Å². The SMILES string of the molecule is Cc1nc(NN)c(-c2ccc(Cl)c(Cl)c2)c(-c2ccncc2)n1. The molecule has 0 radical (unpaired) electrons. The van der Waals surface area contributed by atoms with Gasteiger partial charge < -0.3 is 5.43 Å². The van der Waals surface area contributed by atoms with E-state index in [0.29, 0.717) is 21.7 Å². The fourth-order valence-corrected chi connectivity index (χ4v) is 2.62. The summed E-state index contributed by atoms with van der Waals surface area (Å²) in [5.41, 5.74) is 5.86. The molecule has 3 rings (SSSR count). The summed E-state index contributed by atoms with van der Waals surface area (Å²) >= 11 is 12.2. The monoisotopic (exact) mass is 345 g/mol. The molecule has 23 heavy (non-hydrogen) atoms. The third kappa shape index (κ3) is 3.12. The van der Waals surface area contributed by atoms with Crippen LogP contribution >= 0.6 is 23.2 Å². The van der Waals surface area contributed by atoms with E-state index >= 15 is 0 Å². The van der Waals surface area contributed by atoms with Crippen LogP contribution in [0.25, 0.3) is 22.4 Å². The van der Waals surface area contributed by atoms with E-state index in [4.69, 9.17) is 29.0 Å². The topological polar surface area (TPSA) is 76.7 Å². The van der Waals surface area contributed by atoms with Crippen molar-refractivity contribution in [1.29, 1.82) is 0 Å². The summed E-state index contributed by atoms with van der Waals surface area (Å²) in [7, 11) is 0. The van der Waals surface area contributed by atoms with E-state index in [9.17, 15) is 0 Å². The molecule has 5 nitrogen and oxygen atoms in total. The van der Waals surface area contributed by atoms with Gasteiger partial charge in [0.05, 0.1) is 21.3 Å². The van der Waals surface area contributed by atoms with Gasteiger partial charge in [0.15, 0.2) is 5.82 Å². The molecule has 0 aliphatic carbocycles. The number of hydrogen-bond acceptors (Lipinski definition) is 5. The second-order valence-corrected chi connectivity index (χ2v) is 5.67. The normalized spacial score (nSPS) is 10.6. The third-order valence-corrected chi connectivity index (χ3v) is 4.06. The number of aryl methyl sites for hydroxylation is 1. The number of nitrogens with zero attached hydrogens (tertiary/aromatic N) is 3. The molecule has 0 saturated carbocycles. The van der Waals surface area contributed by atoms with Gasteiger partial charge in [-0.05, 0) is 36.8 Å². The Balaban J connectivity index is 2.31. The Morgan fingerprint density at radius 2 is 1.70 bits per heavy atom. The molecule has 0 aliphatic rings. The summed E-state index contributed by atoms with van der Waals surface area (Å²) in [6, 6.07) is 9.11. The highest BCUT2D eigenvalue weighted by Gasteiger charge is 2.17. The van der Waals surface area contributed by atoms with Crippen LogP contribution in [0.3, 0.4) is 0 Å². The van der Waals surface area contributed by atoms with Crippen LogP contribution in [0, 0.1) is 6.92 Å². The Morgan fingerprint density at radius 1 is 0.957 bits per heavy atom. The number of hydrogen-bond donors (Lipinski definition) is 2. The van der Waals surface area contributed by atoms with Gasteiger partial charge in [0.1, 0.15) is 5.82 Å². The number of rotatable bonds is 3. The van der Waals surface area contributed by atoms with Crippen molar-refractivity contribution in [2.24, 2.45) is 5.84 Å². The van der Waals surface area contributed by atoms with Gasteiger partial charge in [-0.25, -0.2) is 15.8 Å². The fraction of sp³-hybridized carbons (Fsp3) is 0.0625. The molecule has 0 bridgehead atoms. The highest BCUT2D eigenvalue weighted by Crippen LogP contribution is 2.37. The van der Waals surface area contributed by atoms with Crippen LogP contribution in [-0.4, -0.2) is 15.0 Å². The Hall–Kier alpha value is -2.21. The summed E-state index contributed by atoms with van der Waals surface area (Å²) < 4.78 is 0. The predicted molar refractivity (Wildman–Crippen MR) is 93.3 cm³/mol. The second kappa shape index (κ2) is 6.50. The highest BCUT2D eigenvalue weighted by atomic mass is 35.5. The number of benzene rings is 1. The molecule has 1 aromatic carbocycles. The lowest BCUT2D eigenvalue weighted by Crippen LogP contribution is -2.12. The van der Waals surface area contributed by atoms with Crippen molar-refractivity contribution in [3.8, 4) is 22.4 Å². The highest BCUT2D eigenvalue weighted by molar-refractivity contribution is 6.42. The summed E-state index contributed by atoms with van der Waals surface area (Å²) in [4.78, 5) is 13.0. The predicted octanol–water partition coefficient (Wildman–Crippen LogP) is 4.11. The molecular weight excluding hydrogens is 333 g/mol. The van der Waals surface area contributed by atoms with Crippen molar-refractivity contribution < 1.29 is 0 Å². The van der Waals surface area contributed by atoms with E-state index in [1.54, 1.807) is 24.5 Å². The maximum Gasteiger partial charge on any atom is 0.152 e. The molecule has 2 heterocycles. The zero-order chi connectivity index (χ0) is 16.4. The van der Waals surface area contributed by atoms with E-state index in [1.807, 2.05) is 25.1 Å². The van der Waals surface area contributed by atoms with Gasteiger partial charge in [-0.3, -0.25) is 4.98 Å². The Bertz CT molecular complexity index is 853. The average molecular weight is 346 g/mol. The van der Waals surface area contributed by atoms with Crippen molar-refractivity contribution in [3.05, 3.63) is 58.6 Å². The van der Waals surface area contributed by atoms with Gasteiger partial charge in [-0.15, -0.1) is 0 Å². The largest absolute Gasteiger partial charge is 0.308 e. The van der Waals surface area contributed by atoms with Crippen molar-refractivity contribution in [2.75, 3.05) is 5.43 Å². The quantitative estimate of drug-likeness (QED) is 0.551. The lowest BCUT2D eigenvalue weighted by atomic mass is 10.00. The van der Waals surface area contributed by atoms with Crippen LogP contribution < -0.4 is 11.3 Å². The number of nitrogens with two attached hydrogens (primary N) is 1. The number of hydrazine groups is 1. The van der Waals surface area contributed by atoms with E-state index in [-0.39, 0.29) is 0 Å². The molecule has 0 unspecified atom stereocenters. The summed E-state index contributed by atoms with van der Waals surface area (Å²) in [6.07, 6.45) is 3.42. The lowest BCUT2D eigenvalue weighted by molar-refractivity contribution is 1.05. The first-order valence-electron chi connectivity index (χ1n) is 6.81. The number of nitrogens with one attached hydrogen (secondary N) is 1. The Kier molecular flexibility index (Phi) is 4.43. The molecule has 0 aliphatic heterocycles. The van der Waals surface area contributed by atoms with Crippen LogP contribution in [0.15, 0.2) is 42.7 Å². The maximum absolute atomic E-state index is 6.15. The van der Waals surface area contributed by atoms with Crippen LogP contribution in [0.4, 0.5) is 5.82 Å². The molecule has 3 N–H and O–H groups in total. The summed E-state index contributed by atoms with van der Waals surface area (Å²) in [5, 5.41) is 0.935. The van der Waals surface area contributed by atoms with Crippen LogP contribution in [0.5, 0.6) is 0 Å². The second-order valence-electron chi connectivity index (χ2n) is 4.85. The number of aromatic nitrogens is 3. The zero-order valence-electron chi connectivity index (χ0n) is 12.2. The van der Waals surface area contributed by atoms with E-state index in [2.05, 4.69) is 20.4 Å². The smallest absolute Gasteiger partial charge is 0.152 e. The molecule has 0 atom stereocenters. The minimum Gasteiger partial charge on any atom is -0.308 e. The number of nitrogen functional groups attached to an aromatic ring is 1. The van der Waals surface area contributed by atoms with E-state index in [1.165, 1.54) is 0 Å². The molecule has 0 fully saturated rings. The molecule has 3 aromatic rings. The van der Waals surface area contributed by atoms with Crippen molar-refractivity contribution in [3.63, 3.8) is 0 Å². The maximum atomic E-state index is 6.15. The summed E-state index contributed by atoms with van der Waals surface area (Å²) in [5.74, 6) is 6.78. The van der Waals surface area contributed by atoms with E-state index < -0.39 is 0 Å². The molecule has 116 valence electrons. The van der Waals surface area contributed by atoms with Crippen LogP contribution in [0.2, 0.25) is 10.0 Å². The first-order chi connectivity index (χ1) is 11.1. The number of pyridine rings is 1. The van der Waals surface area contributed by atoms with Gasteiger partial charge in [0.25, 0.3) is 0 Å². The molecule has 7 heteroatoms. The van der Waals surface area contributed by atoms with E-state index in [0.717, 1.165) is 22.4 Å². The Morgan fingerprint density at radius 3 is 2.35 bits per heavy atom. The number of anilines is 1. The van der Waals surface area contributed by atoms with Gasteiger partial charge in [0.2, 0.25) is 0 Å². The zero-order valence-corrected chi connectivity index (χ0v) is 13.7. The lowest BCUT2D eigenvalue weighted by Gasteiger charge is -2.15. The molecule has 0 amide bonds. The van der Waals surface area contributed by atoms with Crippen molar-refractivity contribution >= 4 is 29.0 Å². The summed E-state index contributed by atoms with van der Waals surface area (Å²) in [6.45, 7) is 1.81. The minimum atomic E-state index is 0.452. The van der Waals surface area contributed by atoms with Crippen LogP contribution in [-0.2, 0) is 0 Å². The van der Waals surface area contributed by atoms with Crippen molar-refractivity contribution in [2.45, 2.75) is 6.92 Å². The van der Waals surface area contributed by atoms with Gasteiger partial charge in [0, 0.05) is 18.0 Å². The molecule has 2 aromatic heterocycles. The molecular formula is C16H13Cl2N5. The van der Waals surface area contributed by atoms with Gasteiger partial charge in [-0.1, -0.05) is 29.3 Å². The number of halogens is 2. The third-order valence-electron chi connectivity index (χ3n) is 3.32. The standard InChI is InChI=1S/C16H13Cl2N5/c1-9-21-15(10-4-6-20-7-5-10)14(16(22-9)23-19)11-2-3-12(17)13(18)8-11/h2-8H,19H2,1H3,(H,21,22,23).